The maximum Gasteiger partial charge on any atom is 0.325 e. The van der Waals surface area contributed by atoms with Crippen LogP contribution in [0, 0.1) is 11.3 Å². The zero-order valence-electron chi connectivity index (χ0n) is 14.3. The van der Waals surface area contributed by atoms with Gasteiger partial charge in [-0.2, -0.15) is 5.26 Å². The van der Waals surface area contributed by atoms with Crippen LogP contribution < -0.4 is 10.6 Å². The normalized spacial score (nSPS) is 18.8. The number of amides is 4. The van der Waals surface area contributed by atoms with Crippen LogP contribution in [0.25, 0.3) is 0 Å². The van der Waals surface area contributed by atoms with Gasteiger partial charge in [0.1, 0.15) is 18.2 Å². The summed E-state index contributed by atoms with van der Waals surface area (Å²) in [4.78, 5) is 38.3. The van der Waals surface area contributed by atoms with Crippen LogP contribution in [0.2, 0.25) is 5.02 Å². The van der Waals surface area contributed by atoms with Gasteiger partial charge in [0, 0.05) is 10.6 Å². The topological polar surface area (TPSA) is 102 Å². The van der Waals surface area contributed by atoms with Crippen LogP contribution in [0.1, 0.15) is 18.1 Å². The molecule has 2 aromatic carbocycles. The molecule has 0 radical (unpaired) electrons. The molecule has 0 spiro atoms. The number of halogens is 1. The lowest BCUT2D eigenvalue weighted by molar-refractivity contribution is -0.133. The Hall–Kier alpha value is -3.37. The van der Waals surface area contributed by atoms with Crippen molar-refractivity contribution >= 4 is 35.1 Å². The first kappa shape index (κ1) is 18.4. The molecule has 4 amide bonds. The number of imide groups is 1. The van der Waals surface area contributed by atoms with E-state index in [1.54, 1.807) is 48.5 Å². The van der Waals surface area contributed by atoms with Gasteiger partial charge in [0.15, 0.2) is 0 Å². The van der Waals surface area contributed by atoms with Gasteiger partial charge in [0.25, 0.3) is 5.91 Å². The summed E-state index contributed by atoms with van der Waals surface area (Å²) in [5.41, 5.74) is -0.321. The monoisotopic (exact) mass is 382 g/mol. The Balaban J connectivity index is 1.79. The molecule has 27 heavy (non-hydrogen) atoms. The van der Waals surface area contributed by atoms with Crippen LogP contribution in [0.15, 0.2) is 48.5 Å². The third kappa shape index (κ3) is 3.35. The van der Waals surface area contributed by atoms with Gasteiger partial charge >= 0.3 is 6.03 Å². The standard InChI is InChI=1S/C19H15ClN4O3/c1-19(13-7-3-4-8-14(13)20)17(26)24(18(27)23-19)11-16(25)22-15-9-5-2-6-12(15)10-21/h2-9H,11H2,1H3,(H,22,25)(H,23,27). The summed E-state index contributed by atoms with van der Waals surface area (Å²) in [6.07, 6.45) is 0. The second-order valence-electron chi connectivity index (χ2n) is 6.13. The zero-order chi connectivity index (χ0) is 19.6. The zero-order valence-corrected chi connectivity index (χ0v) is 15.1. The minimum atomic E-state index is -1.36. The molecule has 0 saturated carbocycles. The van der Waals surface area contributed by atoms with Crippen molar-refractivity contribution in [2.45, 2.75) is 12.5 Å². The van der Waals surface area contributed by atoms with E-state index in [-0.39, 0.29) is 5.56 Å². The average Bonchev–Trinajstić information content (AvgIpc) is 2.86. The van der Waals surface area contributed by atoms with E-state index in [9.17, 15) is 14.4 Å². The fourth-order valence-electron chi connectivity index (χ4n) is 2.91. The molecule has 7 nitrogen and oxygen atoms in total. The van der Waals surface area contributed by atoms with Crippen LogP contribution in [0.5, 0.6) is 0 Å². The van der Waals surface area contributed by atoms with Gasteiger partial charge in [-0.1, -0.05) is 41.9 Å². The lowest BCUT2D eigenvalue weighted by Crippen LogP contribution is -2.42. The summed E-state index contributed by atoms with van der Waals surface area (Å²) in [6, 6.07) is 14.4. The predicted molar refractivity (Wildman–Crippen MR) is 98.8 cm³/mol. The number of rotatable bonds is 4. The van der Waals surface area contributed by atoms with Crippen molar-refractivity contribution in [2.24, 2.45) is 0 Å². The molecule has 1 atom stereocenters. The molecular formula is C19H15ClN4O3. The van der Waals surface area contributed by atoms with Gasteiger partial charge in [-0.05, 0) is 25.1 Å². The van der Waals surface area contributed by atoms with Gasteiger partial charge < -0.3 is 10.6 Å². The highest BCUT2D eigenvalue weighted by Crippen LogP contribution is 2.33. The summed E-state index contributed by atoms with van der Waals surface area (Å²) in [6.45, 7) is 1.06. The van der Waals surface area contributed by atoms with Crippen molar-refractivity contribution < 1.29 is 14.4 Å². The van der Waals surface area contributed by atoms with Crippen molar-refractivity contribution in [3.8, 4) is 6.07 Å². The Bertz CT molecular complexity index is 985. The number of hydrogen-bond acceptors (Lipinski definition) is 4. The van der Waals surface area contributed by atoms with Crippen LogP contribution in [-0.2, 0) is 15.1 Å². The lowest BCUT2D eigenvalue weighted by atomic mass is 9.92. The number of anilines is 1. The van der Waals surface area contributed by atoms with Gasteiger partial charge in [-0.25, -0.2) is 4.79 Å². The summed E-state index contributed by atoms with van der Waals surface area (Å²) in [5, 5.41) is 14.6. The van der Waals surface area contributed by atoms with Crippen LogP contribution in [0.4, 0.5) is 10.5 Å². The Kier molecular flexibility index (Phi) is 4.84. The van der Waals surface area contributed by atoms with E-state index >= 15 is 0 Å². The number of urea groups is 1. The summed E-state index contributed by atoms with van der Waals surface area (Å²) >= 11 is 6.17. The first-order chi connectivity index (χ1) is 12.9. The molecule has 1 unspecified atom stereocenters. The number of nitriles is 1. The minimum absolute atomic E-state index is 0.281. The fraction of sp³-hybridized carbons (Fsp3) is 0.158. The number of carbonyl (C=O) groups is 3. The summed E-state index contributed by atoms with van der Waals surface area (Å²) in [5.74, 6) is -1.17. The molecule has 1 saturated heterocycles. The molecule has 136 valence electrons. The van der Waals surface area contributed by atoms with Gasteiger partial charge in [-0.15, -0.1) is 0 Å². The van der Waals surface area contributed by atoms with Gasteiger partial charge in [0.05, 0.1) is 11.3 Å². The van der Waals surface area contributed by atoms with E-state index in [0.717, 1.165) is 4.90 Å². The minimum Gasteiger partial charge on any atom is -0.323 e. The number of nitrogens with one attached hydrogen (secondary N) is 2. The number of benzene rings is 2. The number of para-hydroxylation sites is 1. The quantitative estimate of drug-likeness (QED) is 0.793. The Morgan fingerprint density at radius 3 is 2.59 bits per heavy atom. The third-order valence-electron chi connectivity index (χ3n) is 4.31. The third-order valence-corrected chi connectivity index (χ3v) is 4.64. The number of hydrogen-bond donors (Lipinski definition) is 2. The Labute approximate surface area is 160 Å². The lowest BCUT2D eigenvalue weighted by Gasteiger charge is -2.23. The first-order valence-electron chi connectivity index (χ1n) is 8.05. The van der Waals surface area contributed by atoms with Crippen molar-refractivity contribution in [3.05, 3.63) is 64.7 Å². The first-order valence-corrected chi connectivity index (χ1v) is 8.42. The van der Waals surface area contributed by atoms with Gasteiger partial charge in [0.2, 0.25) is 5.91 Å². The predicted octanol–water partition coefficient (Wildman–Crippen LogP) is 2.62. The summed E-state index contributed by atoms with van der Waals surface area (Å²) in [7, 11) is 0. The highest BCUT2D eigenvalue weighted by Gasteiger charge is 2.50. The second kappa shape index (κ2) is 7.09. The fourth-order valence-corrected chi connectivity index (χ4v) is 3.24. The van der Waals surface area contributed by atoms with E-state index in [4.69, 9.17) is 16.9 Å². The molecule has 2 N–H and O–H groups in total. The number of nitrogens with zero attached hydrogens (tertiary/aromatic N) is 2. The van der Waals surface area contributed by atoms with E-state index in [2.05, 4.69) is 10.6 Å². The van der Waals surface area contributed by atoms with E-state index in [0.29, 0.717) is 16.3 Å². The summed E-state index contributed by atoms with van der Waals surface area (Å²) < 4.78 is 0. The molecule has 1 aliphatic heterocycles. The molecule has 1 fully saturated rings. The molecule has 3 rings (SSSR count). The van der Waals surface area contributed by atoms with E-state index < -0.39 is 29.9 Å². The maximum atomic E-state index is 12.9. The Morgan fingerprint density at radius 2 is 1.89 bits per heavy atom. The molecule has 0 bridgehead atoms. The highest BCUT2D eigenvalue weighted by molar-refractivity contribution is 6.32. The van der Waals surface area contributed by atoms with E-state index in [1.807, 2.05) is 6.07 Å². The second-order valence-corrected chi connectivity index (χ2v) is 6.54. The molecule has 1 aliphatic rings. The average molecular weight is 383 g/mol. The van der Waals surface area contributed by atoms with Crippen molar-refractivity contribution in [1.82, 2.24) is 10.2 Å². The number of carbonyl (C=O) groups excluding carboxylic acids is 3. The highest BCUT2D eigenvalue weighted by atomic mass is 35.5. The van der Waals surface area contributed by atoms with E-state index in [1.165, 1.54) is 6.92 Å². The van der Waals surface area contributed by atoms with Crippen molar-refractivity contribution in [1.29, 1.82) is 5.26 Å². The van der Waals surface area contributed by atoms with Gasteiger partial charge in [-0.3, -0.25) is 14.5 Å². The van der Waals surface area contributed by atoms with Crippen LogP contribution >= 0.6 is 11.6 Å². The molecule has 0 aliphatic carbocycles. The molecule has 2 aromatic rings. The van der Waals surface area contributed by atoms with Crippen molar-refractivity contribution in [3.63, 3.8) is 0 Å². The SMILES string of the molecule is CC1(c2ccccc2Cl)NC(=O)N(CC(=O)Nc2ccccc2C#N)C1=O. The molecule has 0 aromatic heterocycles. The molecule has 8 heteroatoms. The van der Waals surface area contributed by atoms with Crippen LogP contribution in [0.3, 0.4) is 0 Å². The Morgan fingerprint density at radius 1 is 1.22 bits per heavy atom. The van der Waals surface area contributed by atoms with Crippen molar-refractivity contribution in [2.75, 3.05) is 11.9 Å². The largest absolute Gasteiger partial charge is 0.325 e. The molecule has 1 heterocycles. The smallest absolute Gasteiger partial charge is 0.323 e. The molecular weight excluding hydrogens is 368 g/mol. The van der Waals surface area contributed by atoms with Crippen LogP contribution in [-0.4, -0.2) is 29.3 Å². The maximum absolute atomic E-state index is 12.9.